The predicted molar refractivity (Wildman–Crippen MR) is 147 cm³/mol. The Labute approximate surface area is 225 Å². The second-order valence-corrected chi connectivity index (χ2v) is 8.53. The Morgan fingerprint density at radius 1 is 0.821 bits per heavy atom. The number of carbonyl (C=O) groups is 2. The van der Waals surface area contributed by atoms with Crippen LogP contribution < -0.4 is 25.0 Å². The number of ether oxygens (including phenoxy) is 3. The summed E-state index contributed by atoms with van der Waals surface area (Å²) < 4.78 is 16.6. The molecule has 1 aliphatic heterocycles. The summed E-state index contributed by atoms with van der Waals surface area (Å²) in [6.07, 6.45) is 3.06. The number of nitrogens with one attached hydrogen (secondary N) is 2. The molecule has 0 unspecified atom stereocenters. The quantitative estimate of drug-likeness (QED) is 0.186. The van der Waals surface area contributed by atoms with Crippen molar-refractivity contribution in [2.24, 2.45) is 5.10 Å². The number of hydrazone groups is 1. The van der Waals surface area contributed by atoms with E-state index in [1.165, 1.54) is 6.21 Å². The van der Waals surface area contributed by atoms with E-state index in [9.17, 15) is 9.59 Å². The average Bonchev–Trinajstić information content (AvgIpc) is 3.45. The molecule has 1 aliphatic rings. The molecule has 0 saturated heterocycles. The zero-order chi connectivity index (χ0) is 26.9. The van der Waals surface area contributed by atoms with Gasteiger partial charge in [0.2, 0.25) is 6.79 Å². The van der Waals surface area contributed by atoms with Crippen molar-refractivity contribution < 1.29 is 23.8 Å². The van der Waals surface area contributed by atoms with Gasteiger partial charge in [-0.05, 0) is 71.3 Å². The zero-order valence-electron chi connectivity index (χ0n) is 20.9. The van der Waals surface area contributed by atoms with E-state index in [4.69, 9.17) is 14.2 Å². The molecule has 194 valence electrons. The molecule has 2 N–H and O–H groups in total. The molecule has 8 nitrogen and oxygen atoms in total. The minimum atomic E-state index is -0.587. The Kier molecular flexibility index (Phi) is 7.94. The molecule has 1 heterocycles. The Morgan fingerprint density at radius 3 is 2.28 bits per heavy atom. The van der Waals surface area contributed by atoms with Gasteiger partial charge in [0, 0.05) is 5.56 Å². The van der Waals surface area contributed by atoms with Crippen molar-refractivity contribution in [3.63, 3.8) is 0 Å². The summed E-state index contributed by atoms with van der Waals surface area (Å²) in [6.45, 7) is 0.604. The van der Waals surface area contributed by atoms with Gasteiger partial charge in [-0.1, -0.05) is 54.6 Å². The summed E-state index contributed by atoms with van der Waals surface area (Å²) in [5, 5.41) is 6.74. The standard InChI is InChI=1S/C31H25N3O5/c35-30(25-9-5-2-6-10-25)33-27(17-24-13-16-28-29(18-24)39-21-38-28)31(36)34-32-19-22-11-14-26(15-12-22)37-20-23-7-3-1-4-8-23/h1-19H,20-21H2,(H,33,35)(H,34,36)/b27-17-,32-19+. The van der Waals surface area contributed by atoms with E-state index < -0.39 is 11.8 Å². The maximum Gasteiger partial charge on any atom is 0.287 e. The van der Waals surface area contributed by atoms with Crippen LogP contribution in [0.1, 0.15) is 27.0 Å². The first-order chi connectivity index (χ1) is 19.1. The lowest BCUT2D eigenvalue weighted by Gasteiger charge is -2.09. The van der Waals surface area contributed by atoms with Crippen LogP contribution in [0.5, 0.6) is 17.2 Å². The SMILES string of the molecule is O=C(N/N=C/c1ccc(OCc2ccccc2)cc1)/C(=C/c1ccc2c(c1)OCO2)NC(=O)c1ccccc1. The summed E-state index contributed by atoms with van der Waals surface area (Å²) >= 11 is 0. The maximum absolute atomic E-state index is 13.0. The zero-order valence-corrected chi connectivity index (χ0v) is 20.9. The number of hydrogen-bond donors (Lipinski definition) is 2. The molecule has 0 fully saturated rings. The molecule has 0 aliphatic carbocycles. The highest BCUT2D eigenvalue weighted by atomic mass is 16.7. The highest BCUT2D eigenvalue weighted by Gasteiger charge is 2.17. The topological polar surface area (TPSA) is 98.2 Å². The molecule has 0 spiro atoms. The number of carbonyl (C=O) groups excluding carboxylic acids is 2. The molecule has 4 aromatic carbocycles. The van der Waals surface area contributed by atoms with Gasteiger partial charge in [-0.2, -0.15) is 5.10 Å². The van der Waals surface area contributed by atoms with Gasteiger partial charge in [-0.25, -0.2) is 5.43 Å². The van der Waals surface area contributed by atoms with Crippen molar-refractivity contribution in [3.05, 3.63) is 131 Å². The second kappa shape index (κ2) is 12.2. The molecule has 5 rings (SSSR count). The fourth-order valence-corrected chi connectivity index (χ4v) is 3.73. The van der Waals surface area contributed by atoms with Crippen LogP contribution in [0.15, 0.2) is 114 Å². The summed E-state index contributed by atoms with van der Waals surface area (Å²) in [6, 6.07) is 31.1. The normalized spacial score (nSPS) is 12.3. The first kappa shape index (κ1) is 25.3. The maximum atomic E-state index is 13.0. The molecular weight excluding hydrogens is 494 g/mol. The van der Waals surface area contributed by atoms with Gasteiger partial charge < -0.3 is 19.5 Å². The number of rotatable bonds is 9. The van der Waals surface area contributed by atoms with Crippen LogP contribution in [-0.2, 0) is 11.4 Å². The molecule has 39 heavy (non-hydrogen) atoms. The molecule has 0 radical (unpaired) electrons. The van der Waals surface area contributed by atoms with Crippen molar-refractivity contribution in [1.82, 2.24) is 10.7 Å². The van der Waals surface area contributed by atoms with E-state index in [2.05, 4.69) is 15.8 Å². The lowest BCUT2D eigenvalue weighted by molar-refractivity contribution is -0.117. The second-order valence-electron chi connectivity index (χ2n) is 8.53. The molecule has 0 aromatic heterocycles. The van der Waals surface area contributed by atoms with E-state index >= 15 is 0 Å². The van der Waals surface area contributed by atoms with Crippen molar-refractivity contribution in [2.45, 2.75) is 6.61 Å². The van der Waals surface area contributed by atoms with Crippen LogP contribution in [0, 0.1) is 0 Å². The lowest BCUT2D eigenvalue weighted by Crippen LogP contribution is -2.32. The predicted octanol–water partition coefficient (Wildman–Crippen LogP) is 4.92. The molecule has 8 heteroatoms. The third-order valence-electron chi connectivity index (χ3n) is 5.74. The van der Waals surface area contributed by atoms with Crippen molar-refractivity contribution >= 4 is 24.1 Å². The monoisotopic (exact) mass is 519 g/mol. The fourth-order valence-electron chi connectivity index (χ4n) is 3.73. The molecule has 0 saturated carbocycles. The van der Waals surface area contributed by atoms with E-state index in [-0.39, 0.29) is 12.5 Å². The smallest absolute Gasteiger partial charge is 0.287 e. The van der Waals surface area contributed by atoms with Crippen molar-refractivity contribution in [1.29, 1.82) is 0 Å². The van der Waals surface area contributed by atoms with Crippen LogP contribution in [-0.4, -0.2) is 24.8 Å². The summed E-state index contributed by atoms with van der Waals surface area (Å²) in [5.74, 6) is 0.890. The summed E-state index contributed by atoms with van der Waals surface area (Å²) in [4.78, 5) is 25.8. The highest BCUT2D eigenvalue weighted by Crippen LogP contribution is 2.33. The molecule has 4 aromatic rings. The fraction of sp³-hybridized carbons (Fsp3) is 0.0645. The van der Waals surface area contributed by atoms with Crippen LogP contribution in [0.2, 0.25) is 0 Å². The number of nitrogens with zero attached hydrogens (tertiary/aromatic N) is 1. The number of benzene rings is 4. The number of amides is 2. The van der Waals surface area contributed by atoms with Crippen LogP contribution in [0.25, 0.3) is 6.08 Å². The third-order valence-corrected chi connectivity index (χ3v) is 5.74. The average molecular weight is 520 g/mol. The molecule has 2 amide bonds. The van der Waals surface area contributed by atoms with E-state index in [0.717, 1.165) is 16.9 Å². The van der Waals surface area contributed by atoms with Crippen LogP contribution in [0.3, 0.4) is 0 Å². The Hall–Kier alpha value is -5.37. The van der Waals surface area contributed by atoms with Crippen molar-refractivity contribution in [3.8, 4) is 17.2 Å². The van der Waals surface area contributed by atoms with Gasteiger partial charge in [-0.3, -0.25) is 9.59 Å². The Balaban J connectivity index is 1.25. The van der Waals surface area contributed by atoms with Gasteiger partial charge in [0.05, 0.1) is 6.21 Å². The minimum Gasteiger partial charge on any atom is -0.489 e. The first-order valence-corrected chi connectivity index (χ1v) is 12.2. The molecule has 0 bridgehead atoms. The van der Waals surface area contributed by atoms with E-state index in [1.807, 2.05) is 60.7 Å². The van der Waals surface area contributed by atoms with E-state index in [1.54, 1.807) is 48.5 Å². The summed E-state index contributed by atoms with van der Waals surface area (Å²) in [5.41, 5.74) is 5.40. The molecule has 0 atom stereocenters. The van der Waals surface area contributed by atoms with Gasteiger partial charge in [0.15, 0.2) is 11.5 Å². The van der Waals surface area contributed by atoms with Gasteiger partial charge in [-0.15, -0.1) is 0 Å². The lowest BCUT2D eigenvalue weighted by atomic mass is 10.1. The van der Waals surface area contributed by atoms with Gasteiger partial charge in [0.25, 0.3) is 11.8 Å². The van der Waals surface area contributed by atoms with E-state index in [0.29, 0.717) is 29.2 Å². The van der Waals surface area contributed by atoms with Crippen LogP contribution in [0.4, 0.5) is 0 Å². The van der Waals surface area contributed by atoms with Gasteiger partial charge >= 0.3 is 0 Å². The Bertz CT molecular complexity index is 1500. The highest BCUT2D eigenvalue weighted by molar-refractivity contribution is 6.05. The Morgan fingerprint density at radius 2 is 1.51 bits per heavy atom. The number of hydrogen-bond acceptors (Lipinski definition) is 6. The third kappa shape index (κ3) is 6.90. The van der Waals surface area contributed by atoms with Gasteiger partial charge in [0.1, 0.15) is 18.1 Å². The number of fused-ring (bicyclic) bond motifs is 1. The van der Waals surface area contributed by atoms with Crippen molar-refractivity contribution in [2.75, 3.05) is 6.79 Å². The minimum absolute atomic E-state index is 0.0181. The van der Waals surface area contributed by atoms with Crippen LogP contribution >= 0.6 is 0 Å². The first-order valence-electron chi connectivity index (χ1n) is 12.2. The molecular formula is C31H25N3O5. The largest absolute Gasteiger partial charge is 0.489 e. The summed E-state index contributed by atoms with van der Waals surface area (Å²) in [7, 11) is 0.